The minimum atomic E-state index is 0.0501. The first kappa shape index (κ1) is 20.5. The van der Waals surface area contributed by atoms with Gasteiger partial charge in [-0.2, -0.15) is 0 Å². The van der Waals surface area contributed by atoms with Gasteiger partial charge in [0.25, 0.3) is 0 Å². The van der Waals surface area contributed by atoms with E-state index in [1.54, 1.807) is 14.2 Å². The summed E-state index contributed by atoms with van der Waals surface area (Å²) in [5.74, 6) is 2.53. The topological polar surface area (TPSA) is 84.0 Å². The van der Waals surface area contributed by atoms with E-state index in [4.69, 9.17) is 9.47 Å². The molecule has 0 spiro atoms. The van der Waals surface area contributed by atoms with Crippen LogP contribution in [0.1, 0.15) is 24.3 Å². The summed E-state index contributed by atoms with van der Waals surface area (Å²) in [7, 11) is 3.38. The first-order valence-electron chi connectivity index (χ1n) is 9.79. The molecule has 3 rings (SSSR count). The van der Waals surface area contributed by atoms with Crippen molar-refractivity contribution in [2.75, 3.05) is 39.2 Å². The second kappa shape index (κ2) is 10.4. The number of ether oxygens (including phenoxy) is 2. The molecule has 1 atom stereocenters. The Balaban J connectivity index is 1.39. The molecule has 1 aliphatic heterocycles. The van der Waals surface area contributed by atoms with Crippen LogP contribution in [0.25, 0.3) is 0 Å². The molecular weight excluding hydrogens is 368 g/mol. The Morgan fingerprint density at radius 2 is 1.90 bits per heavy atom. The van der Waals surface area contributed by atoms with Crippen LogP contribution in [-0.2, 0) is 4.79 Å². The van der Waals surface area contributed by atoms with Crippen molar-refractivity contribution in [3.05, 3.63) is 54.1 Å². The summed E-state index contributed by atoms with van der Waals surface area (Å²) >= 11 is 0. The molecule has 1 heterocycles. The number of benzene rings is 2. The van der Waals surface area contributed by atoms with Crippen LogP contribution in [0.4, 0.5) is 5.69 Å². The molecule has 29 heavy (non-hydrogen) atoms. The van der Waals surface area contributed by atoms with Gasteiger partial charge in [-0.15, -0.1) is 0 Å². The maximum absolute atomic E-state index is 11.9. The van der Waals surface area contributed by atoms with E-state index in [0.717, 1.165) is 41.7 Å². The van der Waals surface area contributed by atoms with Gasteiger partial charge in [0.05, 0.1) is 13.7 Å². The van der Waals surface area contributed by atoms with Crippen LogP contribution in [-0.4, -0.2) is 45.7 Å². The van der Waals surface area contributed by atoms with Crippen molar-refractivity contribution < 1.29 is 14.3 Å². The fourth-order valence-corrected chi connectivity index (χ4v) is 3.27. The molecule has 2 aromatic rings. The van der Waals surface area contributed by atoms with Crippen molar-refractivity contribution in [1.29, 1.82) is 0 Å². The third kappa shape index (κ3) is 5.88. The summed E-state index contributed by atoms with van der Waals surface area (Å²) in [5.41, 5.74) is 2.05. The fraction of sp³-hybridized carbons (Fsp3) is 0.364. The lowest BCUT2D eigenvalue weighted by molar-refractivity contribution is -0.116. The van der Waals surface area contributed by atoms with Crippen LogP contribution in [0.2, 0.25) is 0 Å². The number of para-hydroxylation sites is 1. The monoisotopic (exact) mass is 396 g/mol. The Morgan fingerprint density at radius 1 is 1.14 bits per heavy atom. The number of hydrogen-bond acceptors (Lipinski definition) is 4. The van der Waals surface area contributed by atoms with Gasteiger partial charge in [-0.05, 0) is 42.3 Å². The predicted octanol–water partition coefficient (Wildman–Crippen LogP) is 2.76. The molecule has 2 aromatic carbocycles. The van der Waals surface area contributed by atoms with Crippen molar-refractivity contribution >= 4 is 17.6 Å². The van der Waals surface area contributed by atoms with Crippen molar-refractivity contribution in [1.82, 2.24) is 10.6 Å². The van der Waals surface area contributed by atoms with Crippen molar-refractivity contribution in [3.8, 4) is 11.5 Å². The SMILES string of the molecule is CN=C(NCCCOc1ccc(OC)cc1)NCC1CC(=O)Nc2ccccc21. The highest BCUT2D eigenvalue weighted by atomic mass is 16.5. The lowest BCUT2D eigenvalue weighted by Gasteiger charge is -2.26. The number of fused-ring (bicyclic) bond motifs is 1. The largest absolute Gasteiger partial charge is 0.497 e. The van der Waals surface area contributed by atoms with E-state index in [-0.39, 0.29) is 11.8 Å². The predicted molar refractivity (Wildman–Crippen MR) is 115 cm³/mol. The molecule has 1 unspecified atom stereocenters. The smallest absolute Gasteiger partial charge is 0.225 e. The number of nitrogens with one attached hydrogen (secondary N) is 3. The first-order chi connectivity index (χ1) is 14.2. The van der Waals surface area contributed by atoms with Gasteiger partial charge in [-0.1, -0.05) is 18.2 Å². The molecule has 0 bridgehead atoms. The lowest BCUT2D eigenvalue weighted by Crippen LogP contribution is -2.41. The molecule has 154 valence electrons. The molecule has 1 aliphatic rings. The second-order valence-corrected chi connectivity index (χ2v) is 6.79. The van der Waals surface area contributed by atoms with Gasteiger partial charge in [0, 0.05) is 38.2 Å². The van der Waals surface area contributed by atoms with E-state index in [1.807, 2.05) is 42.5 Å². The van der Waals surface area contributed by atoms with Gasteiger partial charge >= 0.3 is 0 Å². The Kier molecular flexibility index (Phi) is 7.33. The molecule has 0 saturated heterocycles. The Labute approximate surface area is 171 Å². The number of anilines is 1. The standard InChI is InChI=1S/C22H28N4O3/c1-23-22(24-12-5-13-29-18-10-8-17(28-2)9-11-18)25-15-16-14-21(27)26-20-7-4-3-6-19(16)20/h3-4,6-11,16H,5,12-15H2,1-2H3,(H,26,27)(H2,23,24,25). The number of methoxy groups -OCH3 is 1. The molecule has 1 amide bonds. The molecule has 7 heteroatoms. The lowest BCUT2D eigenvalue weighted by atomic mass is 9.90. The molecule has 0 aromatic heterocycles. The number of aliphatic imine (C=N–C) groups is 1. The average molecular weight is 396 g/mol. The molecule has 0 aliphatic carbocycles. The Hall–Kier alpha value is -3.22. The van der Waals surface area contributed by atoms with Crippen LogP contribution in [0.3, 0.4) is 0 Å². The zero-order valence-electron chi connectivity index (χ0n) is 16.9. The van der Waals surface area contributed by atoms with Crippen molar-refractivity contribution in [2.24, 2.45) is 4.99 Å². The summed E-state index contributed by atoms with van der Waals surface area (Å²) < 4.78 is 10.9. The summed E-state index contributed by atoms with van der Waals surface area (Å²) in [6, 6.07) is 15.5. The minimum Gasteiger partial charge on any atom is -0.497 e. The van der Waals surface area contributed by atoms with Gasteiger partial charge in [0.15, 0.2) is 5.96 Å². The van der Waals surface area contributed by atoms with Crippen LogP contribution in [0.15, 0.2) is 53.5 Å². The maximum Gasteiger partial charge on any atom is 0.225 e. The molecule has 7 nitrogen and oxygen atoms in total. The highest BCUT2D eigenvalue weighted by molar-refractivity contribution is 5.94. The Morgan fingerprint density at radius 3 is 2.66 bits per heavy atom. The summed E-state index contributed by atoms with van der Waals surface area (Å²) in [4.78, 5) is 16.2. The minimum absolute atomic E-state index is 0.0501. The number of carbonyl (C=O) groups is 1. The first-order valence-corrected chi connectivity index (χ1v) is 9.79. The fourth-order valence-electron chi connectivity index (χ4n) is 3.27. The molecule has 0 radical (unpaired) electrons. The van der Waals surface area contributed by atoms with Gasteiger partial charge in [-0.3, -0.25) is 9.79 Å². The van der Waals surface area contributed by atoms with Crippen LogP contribution in [0, 0.1) is 0 Å². The van der Waals surface area contributed by atoms with Gasteiger partial charge in [-0.25, -0.2) is 0 Å². The normalized spacial score (nSPS) is 15.9. The van der Waals surface area contributed by atoms with E-state index >= 15 is 0 Å². The third-order valence-corrected chi connectivity index (χ3v) is 4.79. The van der Waals surface area contributed by atoms with Gasteiger partial charge in [0.2, 0.25) is 5.91 Å². The molecular formula is C22H28N4O3. The number of nitrogens with zero attached hydrogens (tertiary/aromatic N) is 1. The zero-order valence-corrected chi connectivity index (χ0v) is 16.9. The second-order valence-electron chi connectivity index (χ2n) is 6.79. The van der Waals surface area contributed by atoms with Crippen LogP contribution in [0.5, 0.6) is 11.5 Å². The number of carbonyl (C=O) groups excluding carboxylic acids is 1. The molecule has 0 fully saturated rings. The number of rotatable bonds is 8. The molecule has 3 N–H and O–H groups in total. The van der Waals surface area contributed by atoms with E-state index < -0.39 is 0 Å². The summed E-state index contributed by atoms with van der Waals surface area (Å²) in [5, 5.41) is 9.54. The number of hydrogen-bond donors (Lipinski definition) is 3. The average Bonchev–Trinajstić information content (AvgIpc) is 2.75. The summed E-state index contributed by atoms with van der Waals surface area (Å²) in [6.07, 6.45) is 1.30. The van der Waals surface area contributed by atoms with E-state index in [0.29, 0.717) is 19.6 Å². The van der Waals surface area contributed by atoms with E-state index in [9.17, 15) is 4.79 Å². The summed E-state index contributed by atoms with van der Waals surface area (Å²) in [6.45, 7) is 1.98. The van der Waals surface area contributed by atoms with E-state index in [1.165, 1.54) is 0 Å². The molecule has 0 saturated carbocycles. The van der Waals surface area contributed by atoms with Crippen LogP contribution < -0.4 is 25.4 Å². The maximum atomic E-state index is 11.9. The number of amides is 1. The third-order valence-electron chi connectivity index (χ3n) is 4.79. The van der Waals surface area contributed by atoms with Crippen molar-refractivity contribution in [3.63, 3.8) is 0 Å². The van der Waals surface area contributed by atoms with Gasteiger partial charge < -0.3 is 25.4 Å². The van der Waals surface area contributed by atoms with E-state index in [2.05, 4.69) is 27.0 Å². The Bertz CT molecular complexity index is 836. The van der Waals surface area contributed by atoms with Gasteiger partial charge in [0.1, 0.15) is 11.5 Å². The zero-order chi connectivity index (χ0) is 20.5. The van der Waals surface area contributed by atoms with Crippen molar-refractivity contribution in [2.45, 2.75) is 18.8 Å². The van der Waals surface area contributed by atoms with Crippen LogP contribution >= 0.6 is 0 Å². The quantitative estimate of drug-likeness (QED) is 0.363. The highest BCUT2D eigenvalue weighted by Crippen LogP contribution is 2.31. The highest BCUT2D eigenvalue weighted by Gasteiger charge is 2.24. The number of guanidine groups is 1.